The molecule has 3 aromatic rings. The number of esters is 1. The molecule has 2 heterocycles. The summed E-state index contributed by atoms with van der Waals surface area (Å²) in [5, 5.41) is 5.38. The van der Waals surface area contributed by atoms with Crippen LogP contribution in [-0.2, 0) is 18.3 Å². The molecule has 24 heavy (non-hydrogen) atoms. The maximum atomic E-state index is 12.2. The molecular weight excluding hydrogens is 302 g/mol. The van der Waals surface area contributed by atoms with Gasteiger partial charge in [0.15, 0.2) is 0 Å². The Hall–Kier alpha value is -2.56. The van der Waals surface area contributed by atoms with E-state index in [1.807, 2.05) is 37.0 Å². The highest BCUT2D eigenvalue weighted by molar-refractivity contribution is 6.09. The molecule has 0 spiro atoms. The fourth-order valence-electron chi connectivity index (χ4n) is 3.21. The van der Waals surface area contributed by atoms with Crippen LogP contribution >= 0.6 is 0 Å². The standard InChI is InChI=1S/C19H23N3O2/c1-12(2)10-22-11-14(9-20-22)15-7-6-8-16-17(19(23)24-5)13(3)21(4)18(15)16/h6-9,11-12H,10H2,1-5H3. The summed E-state index contributed by atoms with van der Waals surface area (Å²) in [6, 6.07) is 6.01. The second-order valence-corrected chi connectivity index (χ2v) is 6.56. The highest BCUT2D eigenvalue weighted by Crippen LogP contribution is 2.33. The van der Waals surface area contributed by atoms with E-state index in [1.165, 1.54) is 7.11 Å². The van der Waals surface area contributed by atoms with Gasteiger partial charge in [-0.25, -0.2) is 4.79 Å². The van der Waals surface area contributed by atoms with Gasteiger partial charge < -0.3 is 9.30 Å². The summed E-state index contributed by atoms with van der Waals surface area (Å²) in [5.41, 5.74) is 4.69. The van der Waals surface area contributed by atoms with Crippen molar-refractivity contribution in [3.05, 3.63) is 41.9 Å². The van der Waals surface area contributed by atoms with Gasteiger partial charge in [-0.05, 0) is 12.8 Å². The Balaban J connectivity index is 2.20. The number of aromatic nitrogens is 3. The number of fused-ring (bicyclic) bond motifs is 1. The first-order chi connectivity index (χ1) is 11.4. The van der Waals surface area contributed by atoms with Crippen molar-refractivity contribution in [1.82, 2.24) is 14.3 Å². The van der Waals surface area contributed by atoms with Crippen LogP contribution in [0.4, 0.5) is 0 Å². The lowest BCUT2D eigenvalue weighted by atomic mass is 10.0. The van der Waals surface area contributed by atoms with Crippen molar-refractivity contribution in [3.63, 3.8) is 0 Å². The number of ether oxygens (including phenoxy) is 1. The van der Waals surface area contributed by atoms with Crippen molar-refractivity contribution in [2.45, 2.75) is 27.3 Å². The van der Waals surface area contributed by atoms with Crippen LogP contribution in [0.25, 0.3) is 22.0 Å². The van der Waals surface area contributed by atoms with Crippen LogP contribution in [-0.4, -0.2) is 27.4 Å². The molecular formula is C19H23N3O2. The minimum atomic E-state index is -0.300. The predicted octanol–water partition coefficient (Wildman–Crippen LogP) is 3.79. The molecule has 5 nitrogen and oxygen atoms in total. The molecule has 0 amide bonds. The summed E-state index contributed by atoms with van der Waals surface area (Å²) >= 11 is 0. The minimum absolute atomic E-state index is 0.300. The zero-order valence-electron chi connectivity index (χ0n) is 14.8. The lowest BCUT2D eigenvalue weighted by Crippen LogP contribution is -2.04. The fourth-order valence-corrected chi connectivity index (χ4v) is 3.21. The summed E-state index contributed by atoms with van der Waals surface area (Å²) in [6.07, 6.45) is 3.95. The van der Waals surface area contributed by atoms with Gasteiger partial charge in [-0.2, -0.15) is 5.10 Å². The largest absolute Gasteiger partial charge is 0.465 e. The highest BCUT2D eigenvalue weighted by atomic mass is 16.5. The zero-order chi connectivity index (χ0) is 17.4. The molecule has 0 atom stereocenters. The van der Waals surface area contributed by atoms with E-state index in [0.717, 1.165) is 34.3 Å². The fraction of sp³-hybridized carbons (Fsp3) is 0.368. The van der Waals surface area contributed by atoms with E-state index < -0.39 is 0 Å². The van der Waals surface area contributed by atoms with Crippen molar-refractivity contribution in [1.29, 1.82) is 0 Å². The number of methoxy groups -OCH3 is 1. The molecule has 0 aliphatic rings. The van der Waals surface area contributed by atoms with Gasteiger partial charge in [0.25, 0.3) is 0 Å². The van der Waals surface area contributed by atoms with Crippen LogP contribution in [0.5, 0.6) is 0 Å². The molecule has 1 aromatic carbocycles. The summed E-state index contributed by atoms with van der Waals surface area (Å²) in [7, 11) is 3.40. The number of para-hydroxylation sites is 1. The van der Waals surface area contributed by atoms with Crippen LogP contribution in [0, 0.1) is 12.8 Å². The van der Waals surface area contributed by atoms with Crippen LogP contribution in [0.1, 0.15) is 29.9 Å². The Labute approximate surface area is 141 Å². The molecule has 0 unspecified atom stereocenters. The molecule has 126 valence electrons. The van der Waals surface area contributed by atoms with Crippen LogP contribution in [0.2, 0.25) is 0 Å². The van der Waals surface area contributed by atoms with Gasteiger partial charge in [-0.1, -0.05) is 32.0 Å². The molecule has 3 rings (SSSR count). The molecule has 0 saturated carbocycles. The molecule has 0 aliphatic carbocycles. The van der Waals surface area contributed by atoms with Gasteiger partial charge in [-0.15, -0.1) is 0 Å². The number of nitrogens with zero attached hydrogens (tertiary/aromatic N) is 3. The van der Waals surface area contributed by atoms with Crippen molar-refractivity contribution >= 4 is 16.9 Å². The highest BCUT2D eigenvalue weighted by Gasteiger charge is 2.21. The Kier molecular flexibility index (Phi) is 4.18. The van der Waals surface area contributed by atoms with Crippen molar-refractivity contribution in [3.8, 4) is 11.1 Å². The molecule has 0 saturated heterocycles. The Bertz CT molecular complexity index is 903. The first-order valence-corrected chi connectivity index (χ1v) is 8.13. The van der Waals surface area contributed by atoms with Gasteiger partial charge in [0.1, 0.15) is 0 Å². The number of benzene rings is 1. The molecule has 0 bridgehead atoms. The smallest absolute Gasteiger partial charge is 0.340 e. The van der Waals surface area contributed by atoms with Crippen molar-refractivity contribution in [2.24, 2.45) is 13.0 Å². The molecule has 0 fully saturated rings. The topological polar surface area (TPSA) is 49.1 Å². The number of rotatable bonds is 4. The average Bonchev–Trinajstić information content (AvgIpc) is 3.10. The van der Waals surface area contributed by atoms with E-state index in [1.54, 1.807) is 0 Å². The quantitative estimate of drug-likeness (QED) is 0.686. The average molecular weight is 325 g/mol. The maximum Gasteiger partial charge on any atom is 0.340 e. The maximum absolute atomic E-state index is 12.2. The first kappa shape index (κ1) is 16.3. The predicted molar refractivity (Wildman–Crippen MR) is 95.1 cm³/mol. The molecule has 2 aromatic heterocycles. The lowest BCUT2D eigenvalue weighted by Gasteiger charge is -2.06. The van der Waals surface area contributed by atoms with E-state index in [9.17, 15) is 4.79 Å². The molecule has 0 radical (unpaired) electrons. The first-order valence-electron chi connectivity index (χ1n) is 8.13. The van der Waals surface area contributed by atoms with E-state index in [-0.39, 0.29) is 5.97 Å². The SMILES string of the molecule is COC(=O)c1c(C)n(C)c2c(-c3cnn(CC(C)C)c3)cccc12. The van der Waals surface area contributed by atoms with Crippen LogP contribution in [0.3, 0.4) is 0 Å². The van der Waals surface area contributed by atoms with Gasteiger partial charge in [0.05, 0.1) is 24.4 Å². The Morgan fingerprint density at radius 2 is 2.08 bits per heavy atom. The van der Waals surface area contributed by atoms with Crippen LogP contribution < -0.4 is 0 Å². The van der Waals surface area contributed by atoms with E-state index in [2.05, 4.69) is 35.8 Å². The number of carbonyl (C=O) groups is 1. The van der Waals surface area contributed by atoms with E-state index in [0.29, 0.717) is 11.5 Å². The third-order valence-corrected chi connectivity index (χ3v) is 4.39. The van der Waals surface area contributed by atoms with Gasteiger partial charge in [0.2, 0.25) is 0 Å². The monoisotopic (exact) mass is 325 g/mol. The summed E-state index contributed by atoms with van der Waals surface area (Å²) in [6.45, 7) is 7.17. The van der Waals surface area contributed by atoms with Gasteiger partial charge in [-0.3, -0.25) is 4.68 Å². The number of carbonyl (C=O) groups excluding carboxylic acids is 1. The van der Waals surface area contributed by atoms with E-state index in [4.69, 9.17) is 4.74 Å². The summed E-state index contributed by atoms with van der Waals surface area (Å²) in [5.74, 6) is 0.238. The second-order valence-electron chi connectivity index (χ2n) is 6.56. The van der Waals surface area contributed by atoms with Gasteiger partial charge in [0, 0.05) is 42.0 Å². The van der Waals surface area contributed by atoms with Crippen molar-refractivity contribution in [2.75, 3.05) is 7.11 Å². The summed E-state index contributed by atoms with van der Waals surface area (Å²) in [4.78, 5) is 12.2. The molecule has 0 N–H and O–H groups in total. The number of hydrogen-bond donors (Lipinski definition) is 0. The Morgan fingerprint density at radius 3 is 2.75 bits per heavy atom. The van der Waals surface area contributed by atoms with Crippen LogP contribution in [0.15, 0.2) is 30.6 Å². The third-order valence-electron chi connectivity index (χ3n) is 4.39. The summed E-state index contributed by atoms with van der Waals surface area (Å²) < 4.78 is 8.98. The number of aryl methyl sites for hydroxylation is 1. The number of hydrogen-bond acceptors (Lipinski definition) is 3. The van der Waals surface area contributed by atoms with Gasteiger partial charge >= 0.3 is 5.97 Å². The Morgan fingerprint density at radius 1 is 1.33 bits per heavy atom. The van der Waals surface area contributed by atoms with E-state index >= 15 is 0 Å². The zero-order valence-corrected chi connectivity index (χ0v) is 14.8. The molecule has 5 heteroatoms. The van der Waals surface area contributed by atoms with Crippen molar-refractivity contribution < 1.29 is 9.53 Å². The normalized spacial score (nSPS) is 11.4. The molecule has 0 aliphatic heterocycles. The lowest BCUT2D eigenvalue weighted by molar-refractivity contribution is 0.0602. The third kappa shape index (κ3) is 2.60. The minimum Gasteiger partial charge on any atom is -0.465 e. The second kappa shape index (κ2) is 6.15.